The lowest BCUT2D eigenvalue weighted by molar-refractivity contribution is 0.0811. The first-order valence-corrected chi connectivity index (χ1v) is 13.5. The first-order valence-electron chi connectivity index (χ1n) is 13.5. The maximum atomic E-state index is 2.66. The van der Waals surface area contributed by atoms with Crippen LogP contribution in [-0.4, -0.2) is 0 Å². The molecule has 28 heavy (non-hydrogen) atoms. The largest absolute Gasteiger partial charge is 0.0622 e. The molecular formula is C28H50. The van der Waals surface area contributed by atoms with Crippen molar-refractivity contribution in [3.63, 3.8) is 0 Å². The highest BCUT2D eigenvalue weighted by Crippen LogP contribution is 2.61. The van der Waals surface area contributed by atoms with Crippen LogP contribution in [0.1, 0.15) is 124 Å². The predicted octanol–water partition coefficient (Wildman–Crippen LogP) is 8.89. The maximum Gasteiger partial charge on any atom is -0.0264 e. The van der Waals surface area contributed by atoms with E-state index in [4.69, 9.17) is 0 Å². The van der Waals surface area contributed by atoms with Gasteiger partial charge in [0, 0.05) is 0 Å². The van der Waals surface area contributed by atoms with Gasteiger partial charge in [-0.3, -0.25) is 0 Å². The summed E-state index contributed by atoms with van der Waals surface area (Å²) in [5.74, 6) is 8.09. The van der Waals surface area contributed by atoms with E-state index in [1.165, 1.54) is 57.8 Å². The number of hydrogen-bond acceptors (Lipinski definition) is 0. The normalized spacial score (nSPS) is 47.1. The highest BCUT2D eigenvalue weighted by atomic mass is 14.6. The van der Waals surface area contributed by atoms with Gasteiger partial charge in [0.15, 0.2) is 0 Å². The maximum absolute atomic E-state index is 2.66. The zero-order chi connectivity index (χ0) is 19.7. The van der Waals surface area contributed by atoms with E-state index in [-0.39, 0.29) is 0 Å². The minimum Gasteiger partial charge on any atom is -0.0622 e. The van der Waals surface area contributed by atoms with Crippen LogP contribution in [0.5, 0.6) is 0 Å². The van der Waals surface area contributed by atoms with Crippen LogP contribution in [0.2, 0.25) is 0 Å². The molecule has 4 aliphatic rings. The second-order valence-corrected chi connectivity index (χ2v) is 12.2. The average Bonchev–Trinajstić information content (AvgIpc) is 2.99. The smallest absolute Gasteiger partial charge is 0.0264 e. The molecule has 8 unspecified atom stereocenters. The first-order chi connectivity index (χ1) is 13.5. The van der Waals surface area contributed by atoms with Gasteiger partial charge in [0.1, 0.15) is 0 Å². The molecule has 0 heteroatoms. The van der Waals surface area contributed by atoms with Gasteiger partial charge in [-0.25, -0.2) is 0 Å². The van der Waals surface area contributed by atoms with Crippen LogP contribution in [-0.2, 0) is 0 Å². The predicted molar refractivity (Wildman–Crippen MR) is 122 cm³/mol. The van der Waals surface area contributed by atoms with E-state index >= 15 is 0 Å². The van der Waals surface area contributed by atoms with Crippen LogP contribution < -0.4 is 0 Å². The molecule has 0 aliphatic heterocycles. The molecule has 4 saturated carbocycles. The van der Waals surface area contributed by atoms with Crippen molar-refractivity contribution in [1.82, 2.24) is 0 Å². The lowest BCUT2D eigenvalue weighted by Gasteiger charge is -2.42. The Labute approximate surface area is 177 Å². The molecule has 0 nitrogen and oxygen atoms in total. The molecule has 0 radical (unpaired) electrons. The SMILES string of the molecule is CC1CC2(CCCCCCC2)C(CC2C(C)C(C)C3CCCCCCC32)C1C. The summed E-state index contributed by atoms with van der Waals surface area (Å²) in [6.07, 6.45) is 23.1. The van der Waals surface area contributed by atoms with Gasteiger partial charge in [-0.05, 0) is 91.3 Å². The zero-order valence-corrected chi connectivity index (χ0v) is 19.7. The molecule has 0 saturated heterocycles. The molecule has 8 atom stereocenters. The van der Waals surface area contributed by atoms with Gasteiger partial charge in [0.05, 0.1) is 0 Å². The fraction of sp³-hybridized carbons (Fsp3) is 1.00. The van der Waals surface area contributed by atoms with Gasteiger partial charge in [0.2, 0.25) is 0 Å². The Bertz CT molecular complexity index is 484. The van der Waals surface area contributed by atoms with E-state index in [2.05, 4.69) is 27.7 Å². The average molecular weight is 387 g/mol. The molecular weight excluding hydrogens is 336 g/mol. The summed E-state index contributed by atoms with van der Waals surface area (Å²) in [7, 11) is 0. The number of fused-ring (bicyclic) bond motifs is 1. The van der Waals surface area contributed by atoms with Crippen molar-refractivity contribution in [3.05, 3.63) is 0 Å². The van der Waals surface area contributed by atoms with E-state index in [1.807, 2.05) is 0 Å². The minimum absolute atomic E-state index is 0.724. The molecule has 4 fully saturated rings. The molecule has 0 amide bonds. The van der Waals surface area contributed by atoms with Gasteiger partial charge in [-0.1, -0.05) is 85.5 Å². The third-order valence-electron chi connectivity index (χ3n) is 11.0. The summed E-state index contributed by atoms with van der Waals surface area (Å²) in [5, 5.41) is 0. The standard InChI is InChI=1S/C28H50/c1-20-19-28(16-12-8-5-9-13-17-28)27(21(20)2)18-26-23(4)22(3)24-14-10-6-7-11-15-25(24)26/h20-27H,5-19H2,1-4H3. The Morgan fingerprint density at radius 3 is 1.86 bits per heavy atom. The van der Waals surface area contributed by atoms with Gasteiger partial charge in [-0.2, -0.15) is 0 Å². The Balaban J connectivity index is 1.55. The summed E-state index contributed by atoms with van der Waals surface area (Å²) >= 11 is 0. The molecule has 0 aromatic heterocycles. The molecule has 0 N–H and O–H groups in total. The Hall–Kier alpha value is 0. The van der Waals surface area contributed by atoms with Gasteiger partial charge >= 0.3 is 0 Å². The quantitative estimate of drug-likeness (QED) is 0.444. The first kappa shape index (κ1) is 21.2. The molecule has 0 aromatic carbocycles. The third kappa shape index (κ3) is 3.97. The van der Waals surface area contributed by atoms with Crippen LogP contribution >= 0.6 is 0 Å². The van der Waals surface area contributed by atoms with Crippen molar-refractivity contribution in [3.8, 4) is 0 Å². The topological polar surface area (TPSA) is 0 Å². The highest BCUT2D eigenvalue weighted by Gasteiger charge is 2.53. The zero-order valence-electron chi connectivity index (χ0n) is 19.7. The van der Waals surface area contributed by atoms with Crippen LogP contribution in [0.4, 0.5) is 0 Å². The van der Waals surface area contributed by atoms with Crippen molar-refractivity contribution >= 4 is 0 Å². The summed E-state index contributed by atoms with van der Waals surface area (Å²) in [6, 6.07) is 0. The Morgan fingerprint density at radius 2 is 1.18 bits per heavy atom. The van der Waals surface area contributed by atoms with Crippen LogP contribution in [0.25, 0.3) is 0 Å². The fourth-order valence-electron chi connectivity index (χ4n) is 9.16. The molecule has 1 spiro atoms. The van der Waals surface area contributed by atoms with E-state index in [1.54, 1.807) is 38.5 Å². The van der Waals surface area contributed by atoms with E-state index in [9.17, 15) is 0 Å². The molecule has 0 aromatic rings. The van der Waals surface area contributed by atoms with Crippen LogP contribution in [0.15, 0.2) is 0 Å². The van der Waals surface area contributed by atoms with Gasteiger partial charge < -0.3 is 0 Å². The lowest BCUT2D eigenvalue weighted by atomic mass is 9.63. The summed E-state index contributed by atoms with van der Waals surface area (Å²) in [6.45, 7) is 10.6. The van der Waals surface area contributed by atoms with Crippen molar-refractivity contribution in [2.24, 2.45) is 52.8 Å². The summed E-state index contributed by atoms with van der Waals surface area (Å²) in [4.78, 5) is 0. The van der Waals surface area contributed by atoms with Crippen LogP contribution in [0.3, 0.4) is 0 Å². The van der Waals surface area contributed by atoms with Crippen molar-refractivity contribution < 1.29 is 0 Å². The summed E-state index contributed by atoms with van der Waals surface area (Å²) in [5.41, 5.74) is 0.724. The summed E-state index contributed by atoms with van der Waals surface area (Å²) < 4.78 is 0. The van der Waals surface area contributed by atoms with Gasteiger partial charge in [-0.15, -0.1) is 0 Å². The second kappa shape index (κ2) is 9.01. The molecule has 4 rings (SSSR count). The second-order valence-electron chi connectivity index (χ2n) is 12.2. The van der Waals surface area contributed by atoms with Crippen molar-refractivity contribution in [2.75, 3.05) is 0 Å². The van der Waals surface area contributed by atoms with Crippen LogP contribution in [0, 0.1) is 52.8 Å². The third-order valence-corrected chi connectivity index (χ3v) is 11.0. The highest BCUT2D eigenvalue weighted by molar-refractivity contribution is 5.02. The Kier molecular flexibility index (Phi) is 6.84. The fourth-order valence-corrected chi connectivity index (χ4v) is 9.16. The monoisotopic (exact) mass is 386 g/mol. The minimum atomic E-state index is 0.724. The van der Waals surface area contributed by atoms with Gasteiger partial charge in [0.25, 0.3) is 0 Å². The molecule has 0 bridgehead atoms. The van der Waals surface area contributed by atoms with Crippen molar-refractivity contribution in [2.45, 2.75) is 124 Å². The number of hydrogen-bond donors (Lipinski definition) is 0. The van der Waals surface area contributed by atoms with E-state index in [0.29, 0.717) is 0 Å². The molecule has 4 aliphatic carbocycles. The van der Waals surface area contributed by atoms with E-state index < -0.39 is 0 Å². The van der Waals surface area contributed by atoms with Crippen molar-refractivity contribution in [1.29, 1.82) is 0 Å². The molecule has 162 valence electrons. The number of rotatable bonds is 2. The lowest BCUT2D eigenvalue weighted by Crippen LogP contribution is -2.33. The Morgan fingerprint density at radius 1 is 0.607 bits per heavy atom. The van der Waals surface area contributed by atoms with E-state index in [0.717, 1.165) is 52.8 Å². The molecule has 0 heterocycles.